The molecule has 2 N–H and O–H groups in total. The monoisotopic (exact) mass is 292 g/mol. The Balaban J connectivity index is 2.15. The van der Waals surface area contributed by atoms with E-state index in [1.807, 2.05) is 36.2 Å². The third-order valence-electron chi connectivity index (χ3n) is 2.57. The molecule has 2 aromatic rings. The summed E-state index contributed by atoms with van der Waals surface area (Å²) < 4.78 is 0. The van der Waals surface area contributed by atoms with Crippen molar-refractivity contribution >= 4 is 34.8 Å². The molecule has 0 saturated heterocycles. The van der Waals surface area contributed by atoms with Crippen LogP contribution in [0.4, 0.5) is 5.95 Å². The molecule has 0 radical (unpaired) electrons. The number of nitrogens with zero attached hydrogens (tertiary/aromatic N) is 3. The second kappa shape index (κ2) is 5.95. The first-order chi connectivity index (χ1) is 9.06. The van der Waals surface area contributed by atoms with E-state index >= 15 is 0 Å². The van der Waals surface area contributed by atoms with Crippen LogP contribution in [0.1, 0.15) is 11.3 Å². The first kappa shape index (κ1) is 13.7. The second-order valence-electron chi connectivity index (χ2n) is 4.09. The lowest BCUT2D eigenvalue weighted by Crippen LogP contribution is -2.21. The topological polar surface area (TPSA) is 55.0 Å². The molecule has 2 rings (SSSR count). The molecular weight excluding hydrogens is 280 g/mol. The maximum absolute atomic E-state index is 5.85. The van der Waals surface area contributed by atoms with Crippen molar-refractivity contribution < 1.29 is 0 Å². The molecule has 0 saturated carbocycles. The zero-order chi connectivity index (χ0) is 13.8. The van der Waals surface area contributed by atoms with Crippen molar-refractivity contribution in [2.75, 3.05) is 11.9 Å². The third kappa shape index (κ3) is 3.62. The summed E-state index contributed by atoms with van der Waals surface area (Å²) in [6, 6.07) is 9.35. The van der Waals surface area contributed by atoms with E-state index in [2.05, 4.69) is 9.97 Å². The highest BCUT2D eigenvalue weighted by Crippen LogP contribution is 2.13. The van der Waals surface area contributed by atoms with Gasteiger partial charge in [-0.05, 0) is 23.8 Å². The number of aromatic nitrogens is 2. The lowest BCUT2D eigenvalue weighted by atomic mass is 10.2. The van der Waals surface area contributed by atoms with Gasteiger partial charge >= 0.3 is 0 Å². The van der Waals surface area contributed by atoms with Crippen LogP contribution < -0.4 is 10.6 Å². The second-order valence-corrected chi connectivity index (χ2v) is 4.96. The lowest BCUT2D eigenvalue weighted by Gasteiger charge is -2.17. The van der Waals surface area contributed by atoms with Crippen molar-refractivity contribution in [1.82, 2.24) is 9.97 Å². The molecule has 0 aliphatic rings. The van der Waals surface area contributed by atoms with Gasteiger partial charge < -0.3 is 10.6 Å². The molecule has 19 heavy (non-hydrogen) atoms. The van der Waals surface area contributed by atoms with Crippen LogP contribution >= 0.6 is 23.8 Å². The summed E-state index contributed by atoms with van der Waals surface area (Å²) in [5.74, 6) is 0.584. The Bertz CT molecular complexity index is 585. The maximum Gasteiger partial charge on any atom is 0.225 e. The number of halogens is 1. The van der Waals surface area contributed by atoms with Crippen molar-refractivity contribution in [3.8, 4) is 0 Å². The van der Waals surface area contributed by atoms with Crippen LogP contribution in [0, 0.1) is 0 Å². The van der Waals surface area contributed by atoms with Crippen LogP contribution in [0.25, 0.3) is 0 Å². The molecular formula is C13H13ClN4S. The molecule has 0 aliphatic heterocycles. The quantitative estimate of drug-likeness (QED) is 0.877. The van der Waals surface area contributed by atoms with E-state index < -0.39 is 0 Å². The summed E-state index contributed by atoms with van der Waals surface area (Å²) in [7, 11) is 1.91. The fourth-order valence-electron chi connectivity index (χ4n) is 1.60. The molecule has 0 amide bonds. The summed E-state index contributed by atoms with van der Waals surface area (Å²) in [5.41, 5.74) is 7.25. The number of hydrogen-bond donors (Lipinski definition) is 1. The highest BCUT2D eigenvalue weighted by Gasteiger charge is 2.07. The van der Waals surface area contributed by atoms with Crippen LogP contribution in [-0.4, -0.2) is 22.0 Å². The van der Waals surface area contributed by atoms with E-state index in [9.17, 15) is 0 Å². The Morgan fingerprint density at radius 3 is 2.63 bits per heavy atom. The third-order valence-corrected chi connectivity index (χ3v) is 3.03. The summed E-state index contributed by atoms with van der Waals surface area (Å²) in [6.45, 7) is 0.679. The maximum atomic E-state index is 5.85. The van der Waals surface area contributed by atoms with Gasteiger partial charge in [-0.25, -0.2) is 9.97 Å². The van der Waals surface area contributed by atoms with E-state index in [0.717, 1.165) is 10.6 Å². The molecule has 1 aromatic heterocycles. The fraction of sp³-hybridized carbons (Fsp3) is 0.154. The highest BCUT2D eigenvalue weighted by atomic mass is 35.5. The van der Waals surface area contributed by atoms with Gasteiger partial charge in [0.2, 0.25) is 5.95 Å². The van der Waals surface area contributed by atoms with E-state index in [1.54, 1.807) is 12.3 Å². The molecule has 98 valence electrons. The van der Waals surface area contributed by atoms with Gasteiger partial charge in [0.05, 0.1) is 0 Å². The van der Waals surface area contributed by atoms with Crippen molar-refractivity contribution in [3.05, 3.63) is 52.8 Å². The summed E-state index contributed by atoms with van der Waals surface area (Å²) in [4.78, 5) is 10.7. The number of benzene rings is 1. The first-order valence-electron chi connectivity index (χ1n) is 5.64. The minimum absolute atomic E-state index is 0.267. The van der Waals surface area contributed by atoms with E-state index in [4.69, 9.17) is 29.6 Å². The van der Waals surface area contributed by atoms with Gasteiger partial charge in [-0.1, -0.05) is 36.0 Å². The highest BCUT2D eigenvalue weighted by molar-refractivity contribution is 7.80. The van der Waals surface area contributed by atoms with Crippen molar-refractivity contribution in [2.24, 2.45) is 5.73 Å². The number of nitrogens with two attached hydrogens (primary N) is 1. The number of anilines is 1. The average Bonchev–Trinajstić information content (AvgIpc) is 2.41. The smallest absolute Gasteiger partial charge is 0.225 e. The molecule has 4 nitrogen and oxygen atoms in total. The number of rotatable bonds is 4. The molecule has 6 heteroatoms. The van der Waals surface area contributed by atoms with Gasteiger partial charge in [0, 0.05) is 24.8 Å². The Morgan fingerprint density at radius 1 is 1.32 bits per heavy atom. The molecule has 0 unspecified atom stereocenters. The standard InChI is InChI=1S/C13H13ClN4S/c1-18(8-9-2-4-10(14)5-3-9)13-16-7-6-11(17-13)12(15)19/h2-7H,8H2,1H3,(H2,15,19). The predicted octanol–water partition coefficient (Wildman–Crippen LogP) is 2.40. The fourth-order valence-corrected chi connectivity index (χ4v) is 1.84. The van der Waals surface area contributed by atoms with Gasteiger partial charge in [-0.2, -0.15) is 0 Å². The summed E-state index contributed by atoms with van der Waals surface area (Å²) in [5, 5.41) is 0.720. The zero-order valence-electron chi connectivity index (χ0n) is 10.4. The molecule has 0 aliphatic carbocycles. The molecule has 1 heterocycles. The van der Waals surface area contributed by atoms with E-state index in [0.29, 0.717) is 18.2 Å². The number of thiocarbonyl (C=S) groups is 1. The minimum atomic E-state index is 0.267. The van der Waals surface area contributed by atoms with Gasteiger partial charge in [0.15, 0.2) is 0 Å². The Morgan fingerprint density at radius 2 is 2.00 bits per heavy atom. The molecule has 1 aromatic carbocycles. The molecule has 0 fully saturated rings. The van der Waals surface area contributed by atoms with Gasteiger partial charge in [-0.3, -0.25) is 0 Å². The van der Waals surface area contributed by atoms with Gasteiger partial charge in [-0.15, -0.1) is 0 Å². The molecule has 0 spiro atoms. The van der Waals surface area contributed by atoms with Crippen molar-refractivity contribution in [3.63, 3.8) is 0 Å². The molecule has 0 bridgehead atoms. The van der Waals surface area contributed by atoms with E-state index in [1.165, 1.54) is 0 Å². The zero-order valence-corrected chi connectivity index (χ0v) is 11.9. The van der Waals surface area contributed by atoms with Crippen molar-refractivity contribution in [1.29, 1.82) is 0 Å². The van der Waals surface area contributed by atoms with Crippen LogP contribution in [0.15, 0.2) is 36.5 Å². The predicted molar refractivity (Wildman–Crippen MR) is 81.5 cm³/mol. The van der Waals surface area contributed by atoms with Crippen LogP contribution in [0.2, 0.25) is 5.02 Å². The van der Waals surface area contributed by atoms with Crippen LogP contribution in [0.5, 0.6) is 0 Å². The van der Waals surface area contributed by atoms with Crippen molar-refractivity contribution in [2.45, 2.75) is 6.54 Å². The molecule has 0 atom stereocenters. The Kier molecular flexibility index (Phi) is 4.29. The average molecular weight is 293 g/mol. The number of hydrogen-bond acceptors (Lipinski definition) is 4. The lowest BCUT2D eigenvalue weighted by molar-refractivity contribution is 0.865. The first-order valence-corrected chi connectivity index (χ1v) is 6.43. The van der Waals surface area contributed by atoms with Crippen LogP contribution in [0.3, 0.4) is 0 Å². The normalized spacial score (nSPS) is 10.2. The largest absolute Gasteiger partial charge is 0.388 e. The summed E-state index contributed by atoms with van der Waals surface area (Å²) >= 11 is 10.8. The van der Waals surface area contributed by atoms with Gasteiger partial charge in [0.25, 0.3) is 0 Å². The Hall–Kier alpha value is -1.72. The minimum Gasteiger partial charge on any atom is -0.388 e. The van der Waals surface area contributed by atoms with Gasteiger partial charge in [0.1, 0.15) is 10.7 Å². The summed E-state index contributed by atoms with van der Waals surface area (Å²) in [6.07, 6.45) is 1.65. The Labute approximate surface area is 122 Å². The van der Waals surface area contributed by atoms with E-state index in [-0.39, 0.29) is 4.99 Å². The SMILES string of the molecule is CN(Cc1ccc(Cl)cc1)c1nccc(C(N)=S)n1. The van der Waals surface area contributed by atoms with Crippen LogP contribution in [-0.2, 0) is 6.54 Å².